The van der Waals surface area contributed by atoms with E-state index >= 15 is 0 Å². The monoisotopic (exact) mass is 383 g/mol. The Morgan fingerprint density at radius 3 is 2.20 bits per heavy atom. The van der Waals surface area contributed by atoms with Crippen LogP contribution in [0.2, 0.25) is 0 Å². The molecule has 4 nitrogen and oxygen atoms in total. The van der Waals surface area contributed by atoms with Crippen molar-refractivity contribution < 1.29 is 4.79 Å². The number of amides is 1. The zero-order valence-electron chi connectivity index (χ0n) is 14.9. The molecule has 1 aromatic carbocycles. The van der Waals surface area contributed by atoms with Gasteiger partial charge in [0.2, 0.25) is 0 Å². The standard InChI is InChI=1S/C19H25N3O.2ClH/c1-4-19(20,5-2)13-21-18(23)16-11-12-17(22-14(16)3)15-9-7-6-8-10-15;;/h6-12H,4-5,13,20H2,1-3H3,(H,21,23);2*1H. The van der Waals surface area contributed by atoms with Crippen molar-refractivity contribution in [2.75, 3.05) is 6.54 Å². The Bertz CT molecular complexity index is 674. The average molecular weight is 384 g/mol. The molecule has 0 fully saturated rings. The van der Waals surface area contributed by atoms with Crippen molar-refractivity contribution in [3.63, 3.8) is 0 Å². The number of carbonyl (C=O) groups is 1. The second-order valence-corrected chi connectivity index (χ2v) is 5.95. The zero-order chi connectivity index (χ0) is 16.9. The molecular weight excluding hydrogens is 357 g/mol. The maximum absolute atomic E-state index is 12.4. The van der Waals surface area contributed by atoms with Crippen LogP contribution >= 0.6 is 24.8 Å². The van der Waals surface area contributed by atoms with Crippen molar-refractivity contribution in [1.82, 2.24) is 10.3 Å². The lowest BCUT2D eigenvalue weighted by Gasteiger charge is -2.26. The molecule has 0 saturated heterocycles. The quantitative estimate of drug-likeness (QED) is 0.786. The first-order valence-corrected chi connectivity index (χ1v) is 8.09. The maximum atomic E-state index is 12.4. The van der Waals surface area contributed by atoms with Gasteiger partial charge in [-0.2, -0.15) is 0 Å². The summed E-state index contributed by atoms with van der Waals surface area (Å²) >= 11 is 0. The number of halogens is 2. The van der Waals surface area contributed by atoms with E-state index in [-0.39, 0.29) is 36.3 Å². The molecule has 3 N–H and O–H groups in total. The van der Waals surface area contributed by atoms with Crippen LogP contribution in [0.1, 0.15) is 42.7 Å². The molecule has 2 rings (SSSR count). The third-order valence-electron chi connectivity index (χ3n) is 4.41. The van der Waals surface area contributed by atoms with E-state index in [1.807, 2.05) is 63.2 Å². The smallest absolute Gasteiger partial charge is 0.253 e. The van der Waals surface area contributed by atoms with Gasteiger partial charge < -0.3 is 11.1 Å². The number of aromatic nitrogens is 1. The van der Waals surface area contributed by atoms with Crippen molar-refractivity contribution in [2.45, 2.75) is 39.2 Å². The summed E-state index contributed by atoms with van der Waals surface area (Å²) in [6, 6.07) is 13.6. The van der Waals surface area contributed by atoms with E-state index in [1.54, 1.807) is 0 Å². The van der Waals surface area contributed by atoms with Gasteiger partial charge in [0.15, 0.2) is 0 Å². The molecule has 0 atom stereocenters. The first kappa shape index (κ1) is 23.4. The van der Waals surface area contributed by atoms with Crippen molar-refractivity contribution in [3.8, 4) is 11.3 Å². The van der Waals surface area contributed by atoms with Crippen LogP contribution in [-0.2, 0) is 0 Å². The summed E-state index contributed by atoms with van der Waals surface area (Å²) in [6.45, 7) is 6.41. The van der Waals surface area contributed by atoms with Crippen molar-refractivity contribution in [2.24, 2.45) is 5.73 Å². The van der Waals surface area contributed by atoms with E-state index in [4.69, 9.17) is 5.73 Å². The van der Waals surface area contributed by atoms with Crippen LogP contribution < -0.4 is 11.1 Å². The normalized spacial score (nSPS) is 10.4. The lowest BCUT2D eigenvalue weighted by Crippen LogP contribution is -2.49. The number of aryl methyl sites for hydroxylation is 1. The van der Waals surface area contributed by atoms with E-state index in [2.05, 4.69) is 10.3 Å². The Morgan fingerprint density at radius 2 is 1.68 bits per heavy atom. The van der Waals surface area contributed by atoms with E-state index in [1.165, 1.54) is 0 Å². The van der Waals surface area contributed by atoms with Crippen LogP contribution in [0.5, 0.6) is 0 Å². The molecule has 0 aliphatic rings. The minimum atomic E-state index is -0.346. The Morgan fingerprint density at radius 1 is 1.08 bits per heavy atom. The largest absolute Gasteiger partial charge is 0.350 e. The Balaban J connectivity index is 0.00000288. The SMILES string of the molecule is CCC(N)(CC)CNC(=O)c1ccc(-c2ccccc2)nc1C.Cl.Cl. The van der Waals surface area contributed by atoms with Gasteiger partial charge >= 0.3 is 0 Å². The average Bonchev–Trinajstić information content (AvgIpc) is 2.60. The molecule has 6 heteroatoms. The first-order valence-electron chi connectivity index (χ1n) is 8.09. The fourth-order valence-corrected chi connectivity index (χ4v) is 2.42. The second kappa shape index (κ2) is 10.4. The Kier molecular flexibility index (Phi) is 9.72. The van der Waals surface area contributed by atoms with Gasteiger partial charge in [-0.3, -0.25) is 9.78 Å². The fourth-order valence-electron chi connectivity index (χ4n) is 2.42. The Labute approximate surface area is 162 Å². The third-order valence-corrected chi connectivity index (χ3v) is 4.41. The van der Waals surface area contributed by atoms with E-state index in [0.717, 1.165) is 29.8 Å². The highest BCUT2D eigenvalue weighted by molar-refractivity contribution is 5.95. The number of nitrogens with two attached hydrogens (primary N) is 1. The number of pyridine rings is 1. The predicted molar refractivity (Wildman–Crippen MR) is 109 cm³/mol. The predicted octanol–water partition coefficient (Wildman–Crippen LogP) is 4.15. The summed E-state index contributed by atoms with van der Waals surface area (Å²) in [6.07, 6.45) is 1.65. The van der Waals surface area contributed by atoms with Crippen LogP contribution in [0.15, 0.2) is 42.5 Å². The molecule has 0 spiro atoms. The highest BCUT2D eigenvalue weighted by Gasteiger charge is 2.21. The lowest BCUT2D eigenvalue weighted by atomic mass is 9.94. The number of benzene rings is 1. The van der Waals surface area contributed by atoms with E-state index in [9.17, 15) is 4.79 Å². The van der Waals surface area contributed by atoms with Gasteiger partial charge in [-0.15, -0.1) is 24.8 Å². The first-order chi connectivity index (χ1) is 11.0. The highest BCUT2D eigenvalue weighted by atomic mass is 35.5. The fraction of sp³-hybridized carbons (Fsp3) is 0.368. The second-order valence-electron chi connectivity index (χ2n) is 5.95. The molecule has 0 saturated carbocycles. The molecule has 25 heavy (non-hydrogen) atoms. The molecule has 0 unspecified atom stereocenters. The topological polar surface area (TPSA) is 68.0 Å². The highest BCUT2D eigenvalue weighted by Crippen LogP contribution is 2.18. The summed E-state index contributed by atoms with van der Waals surface area (Å²) in [5.74, 6) is -0.119. The molecule has 1 aromatic heterocycles. The molecule has 0 radical (unpaired) electrons. The lowest BCUT2D eigenvalue weighted by molar-refractivity contribution is 0.0941. The van der Waals surface area contributed by atoms with Crippen LogP contribution in [-0.4, -0.2) is 23.0 Å². The van der Waals surface area contributed by atoms with Crippen LogP contribution in [0.4, 0.5) is 0 Å². The van der Waals surface area contributed by atoms with E-state index in [0.29, 0.717) is 12.1 Å². The number of rotatable bonds is 6. The third kappa shape index (κ3) is 5.99. The van der Waals surface area contributed by atoms with Gasteiger partial charge in [0.05, 0.1) is 17.0 Å². The number of nitrogens with one attached hydrogen (secondary N) is 1. The number of nitrogens with zero attached hydrogens (tertiary/aromatic N) is 1. The summed E-state index contributed by atoms with van der Waals surface area (Å²) in [7, 11) is 0. The van der Waals surface area contributed by atoms with Crippen LogP contribution in [0, 0.1) is 6.92 Å². The van der Waals surface area contributed by atoms with Crippen molar-refractivity contribution >= 4 is 30.7 Å². The molecular formula is C19H27Cl2N3O. The van der Waals surface area contributed by atoms with Crippen molar-refractivity contribution in [3.05, 3.63) is 53.7 Å². The number of hydrogen-bond donors (Lipinski definition) is 2. The van der Waals surface area contributed by atoms with Gasteiger partial charge in [-0.25, -0.2) is 0 Å². The molecule has 1 amide bonds. The van der Waals surface area contributed by atoms with Crippen LogP contribution in [0.3, 0.4) is 0 Å². The molecule has 0 aliphatic heterocycles. The summed E-state index contributed by atoms with van der Waals surface area (Å²) in [5, 5.41) is 2.94. The molecule has 0 bridgehead atoms. The molecule has 1 heterocycles. The van der Waals surface area contributed by atoms with Crippen LogP contribution in [0.25, 0.3) is 11.3 Å². The molecule has 0 aliphatic carbocycles. The van der Waals surface area contributed by atoms with Crippen molar-refractivity contribution in [1.29, 1.82) is 0 Å². The number of hydrogen-bond acceptors (Lipinski definition) is 3. The van der Waals surface area contributed by atoms with Gasteiger partial charge in [-0.1, -0.05) is 44.2 Å². The molecule has 2 aromatic rings. The van der Waals surface area contributed by atoms with Gasteiger partial charge in [0, 0.05) is 17.6 Å². The summed E-state index contributed by atoms with van der Waals surface area (Å²) < 4.78 is 0. The zero-order valence-corrected chi connectivity index (χ0v) is 16.5. The number of carbonyl (C=O) groups excluding carboxylic acids is 1. The minimum Gasteiger partial charge on any atom is -0.350 e. The summed E-state index contributed by atoms with van der Waals surface area (Å²) in [4.78, 5) is 16.9. The van der Waals surface area contributed by atoms with Gasteiger partial charge in [0.25, 0.3) is 5.91 Å². The van der Waals surface area contributed by atoms with Gasteiger partial charge in [0.1, 0.15) is 0 Å². The van der Waals surface area contributed by atoms with Gasteiger partial charge in [-0.05, 0) is 31.9 Å². The maximum Gasteiger partial charge on any atom is 0.253 e. The minimum absolute atomic E-state index is 0. The Hall–Kier alpha value is -1.62. The summed E-state index contributed by atoms with van der Waals surface area (Å²) in [5.41, 5.74) is 9.12. The van der Waals surface area contributed by atoms with E-state index < -0.39 is 0 Å². The molecule has 138 valence electrons.